The molecule has 0 bridgehead atoms. The lowest BCUT2D eigenvalue weighted by Crippen LogP contribution is -2.33. The van der Waals surface area contributed by atoms with Crippen molar-refractivity contribution in [3.05, 3.63) is 23.8 Å². The number of ether oxygens (including phenoxy) is 2. The highest BCUT2D eigenvalue weighted by molar-refractivity contribution is 5.66. The van der Waals surface area contributed by atoms with Crippen LogP contribution >= 0.6 is 0 Å². The standard InChI is InChI=1S/C27H40O5/c1-5-7-8-14-27(6-2)15-9-10-22(17-21-11-12-24(30)26(18-21)31-4)25(32-20(3)28)19-23(29)13-16-27/h11-12,18,22-23,25,29-30H,5-8,10,13-14,16-17,19H2,1-4H3/t22-,23+,25+,27+/m1/s1. The van der Waals surface area contributed by atoms with Gasteiger partial charge in [0.15, 0.2) is 11.5 Å². The second-order valence-corrected chi connectivity index (χ2v) is 9.14. The van der Waals surface area contributed by atoms with Crippen molar-refractivity contribution < 1.29 is 24.5 Å². The van der Waals surface area contributed by atoms with E-state index in [4.69, 9.17) is 9.47 Å². The van der Waals surface area contributed by atoms with Gasteiger partial charge in [0.05, 0.1) is 13.2 Å². The number of aromatic hydroxyl groups is 1. The molecule has 4 atom stereocenters. The number of hydrogen-bond acceptors (Lipinski definition) is 5. The van der Waals surface area contributed by atoms with Crippen LogP contribution in [0.2, 0.25) is 0 Å². The van der Waals surface area contributed by atoms with Crippen LogP contribution in [-0.4, -0.2) is 35.5 Å². The third-order valence-electron chi connectivity index (χ3n) is 6.70. The Labute approximate surface area is 193 Å². The molecule has 0 heterocycles. The summed E-state index contributed by atoms with van der Waals surface area (Å²) >= 11 is 0. The molecule has 1 aliphatic rings. The zero-order chi connectivity index (χ0) is 23.6. The van der Waals surface area contributed by atoms with E-state index in [1.165, 1.54) is 26.9 Å². The zero-order valence-electron chi connectivity index (χ0n) is 20.2. The topological polar surface area (TPSA) is 76.0 Å². The first-order valence-corrected chi connectivity index (χ1v) is 12.0. The molecule has 1 aromatic carbocycles. The summed E-state index contributed by atoms with van der Waals surface area (Å²) in [6.07, 6.45) is 7.77. The van der Waals surface area contributed by atoms with Crippen LogP contribution in [0.15, 0.2) is 18.2 Å². The summed E-state index contributed by atoms with van der Waals surface area (Å²) in [6, 6.07) is 5.28. The highest BCUT2D eigenvalue weighted by atomic mass is 16.5. The van der Waals surface area contributed by atoms with Crippen molar-refractivity contribution in [1.82, 2.24) is 0 Å². The molecule has 1 aromatic rings. The normalized spacial score (nSPS) is 26.0. The molecule has 0 saturated carbocycles. The first kappa shape index (κ1) is 26.1. The van der Waals surface area contributed by atoms with Gasteiger partial charge in [0.1, 0.15) is 6.10 Å². The Kier molecular flexibility index (Phi) is 10.4. The van der Waals surface area contributed by atoms with Crippen LogP contribution in [0, 0.1) is 23.2 Å². The van der Waals surface area contributed by atoms with Crippen molar-refractivity contribution in [2.24, 2.45) is 11.3 Å². The molecule has 0 fully saturated rings. The van der Waals surface area contributed by atoms with Crippen LogP contribution in [0.5, 0.6) is 11.5 Å². The Hall–Kier alpha value is -2.19. The summed E-state index contributed by atoms with van der Waals surface area (Å²) in [4.78, 5) is 11.8. The van der Waals surface area contributed by atoms with Crippen LogP contribution in [0.4, 0.5) is 0 Å². The predicted octanol–water partition coefficient (Wildman–Crippen LogP) is 5.41. The molecule has 2 N–H and O–H groups in total. The minimum atomic E-state index is -0.534. The van der Waals surface area contributed by atoms with Gasteiger partial charge in [0.2, 0.25) is 0 Å². The SMILES string of the molecule is CCCCC[C@@]1(CC)C#CC[C@H](Cc2ccc(O)c(OC)c2)[C@@H](OC(C)=O)C[C@@H](O)CC1. The van der Waals surface area contributed by atoms with E-state index in [0.29, 0.717) is 31.4 Å². The molecule has 5 heteroatoms. The molecule has 178 valence electrons. The van der Waals surface area contributed by atoms with E-state index in [0.717, 1.165) is 31.2 Å². The maximum absolute atomic E-state index is 11.8. The Morgan fingerprint density at radius 1 is 1.28 bits per heavy atom. The summed E-state index contributed by atoms with van der Waals surface area (Å²) in [7, 11) is 1.52. The maximum Gasteiger partial charge on any atom is 0.302 e. The number of methoxy groups -OCH3 is 1. The van der Waals surface area contributed by atoms with E-state index in [9.17, 15) is 15.0 Å². The minimum Gasteiger partial charge on any atom is -0.504 e. The van der Waals surface area contributed by atoms with Gasteiger partial charge < -0.3 is 19.7 Å². The number of carbonyl (C=O) groups excluding carboxylic acids is 1. The van der Waals surface area contributed by atoms with Gasteiger partial charge in [-0.05, 0) is 49.8 Å². The van der Waals surface area contributed by atoms with Gasteiger partial charge in [0, 0.05) is 31.1 Å². The number of rotatable bonds is 9. The van der Waals surface area contributed by atoms with Crippen molar-refractivity contribution >= 4 is 5.97 Å². The van der Waals surface area contributed by atoms with E-state index < -0.39 is 12.2 Å². The van der Waals surface area contributed by atoms with Crippen molar-refractivity contribution in [3.8, 4) is 23.3 Å². The fourth-order valence-electron chi connectivity index (χ4n) is 4.64. The number of phenolic OH excluding ortho intramolecular Hbond substituents is 1. The summed E-state index contributed by atoms with van der Waals surface area (Å²) in [5, 5.41) is 20.7. The van der Waals surface area contributed by atoms with Gasteiger partial charge >= 0.3 is 5.97 Å². The van der Waals surface area contributed by atoms with Crippen LogP contribution < -0.4 is 4.74 Å². The maximum atomic E-state index is 11.8. The number of hydrogen-bond donors (Lipinski definition) is 2. The third kappa shape index (κ3) is 7.74. The van der Waals surface area contributed by atoms with E-state index in [2.05, 4.69) is 25.7 Å². The van der Waals surface area contributed by atoms with E-state index in [1.54, 1.807) is 6.07 Å². The molecule has 2 rings (SSSR count). The van der Waals surface area contributed by atoms with Gasteiger partial charge in [-0.3, -0.25) is 4.79 Å². The monoisotopic (exact) mass is 444 g/mol. The molecule has 0 radical (unpaired) electrons. The lowest BCUT2D eigenvalue weighted by atomic mass is 9.74. The lowest BCUT2D eigenvalue weighted by molar-refractivity contribution is -0.151. The predicted molar refractivity (Wildman–Crippen MR) is 127 cm³/mol. The van der Waals surface area contributed by atoms with E-state index in [1.807, 2.05) is 12.1 Å². The van der Waals surface area contributed by atoms with E-state index >= 15 is 0 Å². The van der Waals surface area contributed by atoms with Gasteiger partial charge in [-0.2, -0.15) is 0 Å². The molecule has 1 aliphatic carbocycles. The lowest BCUT2D eigenvalue weighted by Gasteiger charge is -2.32. The molecular formula is C27H40O5. The smallest absolute Gasteiger partial charge is 0.302 e. The molecular weight excluding hydrogens is 404 g/mol. The van der Waals surface area contributed by atoms with Crippen LogP contribution in [0.25, 0.3) is 0 Å². The highest BCUT2D eigenvalue weighted by Gasteiger charge is 2.31. The number of benzene rings is 1. The average molecular weight is 445 g/mol. The van der Waals surface area contributed by atoms with Crippen LogP contribution in [0.3, 0.4) is 0 Å². The van der Waals surface area contributed by atoms with Crippen LogP contribution in [-0.2, 0) is 16.0 Å². The zero-order valence-corrected chi connectivity index (χ0v) is 20.2. The number of carbonyl (C=O) groups is 1. The number of unbranched alkanes of at least 4 members (excludes halogenated alkanes) is 2. The molecule has 0 unspecified atom stereocenters. The van der Waals surface area contributed by atoms with Gasteiger partial charge in [-0.15, -0.1) is 5.92 Å². The molecule has 0 spiro atoms. The molecule has 0 aliphatic heterocycles. The third-order valence-corrected chi connectivity index (χ3v) is 6.70. The first-order chi connectivity index (χ1) is 15.3. The number of aliphatic hydroxyl groups is 1. The highest BCUT2D eigenvalue weighted by Crippen LogP contribution is 2.37. The van der Waals surface area contributed by atoms with Gasteiger partial charge in [-0.25, -0.2) is 0 Å². The van der Waals surface area contributed by atoms with E-state index in [-0.39, 0.29) is 23.1 Å². The summed E-state index contributed by atoms with van der Waals surface area (Å²) in [5.74, 6) is 7.14. The molecule has 0 aromatic heterocycles. The quantitative estimate of drug-likeness (QED) is 0.303. The van der Waals surface area contributed by atoms with Crippen molar-refractivity contribution in [2.45, 2.75) is 97.2 Å². The Bertz CT molecular complexity index is 793. The largest absolute Gasteiger partial charge is 0.504 e. The Morgan fingerprint density at radius 2 is 2.06 bits per heavy atom. The number of phenols is 1. The summed E-state index contributed by atoms with van der Waals surface area (Å²) < 4.78 is 10.9. The first-order valence-electron chi connectivity index (χ1n) is 12.0. The fraction of sp³-hybridized carbons (Fsp3) is 0.667. The summed E-state index contributed by atoms with van der Waals surface area (Å²) in [6.45, 7) is 5.81. The number of aliphatic hydroxyl groups excluding tert-OH is 1. The number of esters is 1. The molecule has 32 heavy (non-hydrogen) atoms. The van der Waals surface area contributed by atoms with Crippen molar-refractivity contribution in [3.63, 3.8) is 0 Å². The van der Waals surface area contributed by atoms with Crippen LogP contribution in [0.1, 0.15) is 84.1 Å². The van der Waals surface area contributed by atoms with Gasteiger partial charge in [0.25, 0.3) is 0 Å². The summed E-state index contributed by atoms with van der Waals surface area (Å²) in [5.41, 5.74) is 0.913. The van der Waals surface area contributed by atoms with Gasteiger partial charge in [-0.1, -0.05) is 45.1 Å². The Morgan fingerprint density at radius 3 is 2.72 bits per heavy atom. The molecule has 5 nitrogen and oxygen atoms in total. The second-order valence-electron chi connectivity index (χ2n) is 9.14. The Balaban J connectivity index is 2.33. The second kappa shape index (κ2) is 12.7. The fourth-order valence-corrected chi connectivity index (χ4v) is 4.64. The molecule has 0 amide bonds. The minimum absolute atomic E-state index is 0.0569. The average Bonchev–Trinajstić information content (AvgIpc) is 2.76. The van der Waals surface area contributed by atoms with Crippen molar-refractivity contribution in [1.29, 1.82) is 0 Å². The molecule has 0 saturated heterocycles. The van der Waals surface area contributed by atoms with Crippen molar-refractivity contribution in [2.75, 3.05) is 7.11 Å².